The molecule has 0 spiro atoms. The molecule has 0 aliphatic carbocycles. The van der Waals surface area contributed by atoms with Crippen molar-refractivity contribution in [3.05, 3.63) is 70.8 Å². The quantitative estimate of drug-likeness (QED) is 0.515. The molecule has 10 nitrogen and oxygen atoms in total. The van der Waals surface area contributed by atoms with Crippen molar-refractivity contribution in [3.63, 3.8) is 0 Å². The molecular weight excluding hydrogens is 476 g/mol. The first-order chi connectivity index (χ1) is 17.5. The number of benzene rings is 2. The van der Waals surface area contributed by atoms with Crippen molar-refractivity contribution in [2.24, 2.45) is 0 Å². The minimum absolute atomic E-state index is 0.0380. The third-order valence-corrected chi connectivity index (χ3v) is 6.15. The minimum atomic E-state index is -1.01. The first-order valence-corrected chi connectivity index (χ1v) is 12.1. The first-order valence-electron chi connectivity index (χ1n) is 12.1. The number of amides is 5. The van der Waals surface area contributed by atoms with Crippen molar-refractivity contribution in [2.75, 3.05) is 0 Å². The van der Waals surface area contributed by atoms with Gasteiger partial charge in [-0.2, -0.15) is 0 Å². The van der Waals surface area contributed by atoms with Crippen molar-refractivity contribution >= 4 is 29.7 Å². The zero-order chi connectivity index (χ0) is 26.7. The van der Waals surface area contributed by atoms with E-state index in [0.29, 0.717) is 16.7 Å². The van der Waals surface area contributed by atoms with Crippen molar-refractivity contribution in [3.8, 4) is 0 Å². The SMILES string of the molecule is CC(C)(C)OC(=O)N[C@H](C(=O)NCc1cccc2c1C(=O)N(C1CCC(=O)NC1=O)C2)c1ccccc1. The standard InChI is InChI=1S/C27H30N4O6/c1-27(2,3)37-26(36)30-22(16-8-5-4-6-9-16)24(34)28-14-17-10-7-11-18-15-31(25(35)21(17)18)19-12-13-20(32)29-23(19)33/h4-11,19,22H,12-15H2,1-3H3,(H,28,34)(H,30,36)(H,29,32,33)/t19?,22-/m0/s1. The molecule has 0 saturated carbocycles. The lowest BCUT2D eigenvalue weighted by atomic mass is 10.0. The Morgan fingerprint density at radius 1 is 1.08 bits per heavy atom. The largest absolute Gasteiger partial charge is 0.444 e. The average Bonchev–Trinajstić information content (AvgIpc) is 3.17. The van der Waals surface area contributed by atoms with Gasteiger partial charge in [-0.05, 0) is 43.9 Å². The van der Waals surface area contributed by atoms with Gasteiger partial charge in [0.25, 0.3) is 5.91 Å². The number of fused-ring (bicyclic) bond motifs is 1. The molecule has 10 heteroatoms. The molecule has 37 heavy (non-hydrogen) atoms. The lowest BCUT2D eigenvalue weighted by Gasteiger charge is -2.29. The van der Waals surface area contributed by atoms with Crippen molar-refractivity contribution in [2.45, 2.75) is 64.4 Å². The van der Waals surface area contributed by atoms with Crippen LogP contribution >= 0.6 is 0 Å². The maximum absolute atomic E-state index is 13.3. The molecular formula is C27H30N4O6. The molecule has 3 N–H and O–H groups in total. The van der Waals surface area contributed by atoms with Crippen LogP contribution in [0.15, 0.2) is 48.5 Å². The molecule has 194 valence electrons. The number of carbonyl (C=O) groups is 5. The van der Waals surface area contributed by atoms with E-state index in [1.807, 2.05) is 0 Å². The van der Waals surface area contributed by atoms with Gasteiger partial charge in [-0.25, -0.2) is 4.79 Å². The highest BCUT2D eigenvalue weighted by Gasteiger charge is 2.40. The van der Waals surface area contributed by atoms with E-state index in [9.17, 15) is 24.0 Å². The Kier molecular flexibility index (Phi) is 7.28. The summed E-state index contributed by atoms with van der Waals surface area (Å²) in [7, 11) is 0. The van der Waals surface area contributed by atoms with Crippen molar-refractivity contribution in [1.82, 2.24) is 20.9 Å². The van der Waals surface area contributed by atoms with E-state index in [2.05, 4.69) is 16.0 Å². The highest BCUT2D eigenvalue weighted by molar-refractivity contribution is 6.06. The number of hydrogen-bond acceptors (Lipinski definition) is 6. The molecule has 1 saturated heterocycles. The van der Waals surface area contributed by atoms with Gasteiger partial charge < -0.3 is 20.3 Å². The normalized spacial score (nSPS) is 18.1. The van der Waals surface area contributed by atoms with Crippen LogP contribution in [0.2, 0.25) is 0 Å². The van der Waals surface area contributed by atoms with Gasteiger partial charge in [0, 0.05) is 25.1 Å². The highest BCUT2D eigenvalue weighted by atomic mass is 16.6. The average molecular weight is 507 g/mol. The van der Waals surface area contributed by atoms with Crippen LogP contribution < -0.4 is 16.0 Å². The van der Waals surface area contributed by atoms with Crippen LogP contribution in [0.5, 0.6) is 0 Å². The number of rotatable bonds is 6. The second kappa shape index (κ2) is 10.4. The maximum atomic E-state index is 13.3. The molecule has 4 rings (SSSR count). The lowest BCUT2D eigenvalue weighted by Crippen LogP contribution is -2.52. The van der Waals surface area contributed by atoms with E-state index < -0.39 is 35.6 Å². The molecule has 0 bridgehead atoms. The number of piperidine rings is 1. The number of imide groups is 1. The van der Waals surface area contributed by atoms with Gasteiger partial charge in [-0.3, -0.25) is 24.5 Å². The van der Waals surface area contributed by atoms with Crippen LogP contribution in [0.4, 0.5) is 4.79 Å². The summed E-state index contributed by atoms with van der Waals surface area (Å²) < 4.78 is 5.33. The summed E-state index contributed by atoms with van der Waals surface area (Å²) in [6.45, 7) is 5.48. The maximum Gasteiger partial charge on any atom is 0.408 e. The molecule has 2 heterocycles. The summed E-state index contributed by atoms with van der Waals surface area (Å²) in [6.07, 6.45) is -0.288. The van der Waals surface area contributed by atoms with Crippen LogP contribution in [0.25, 0.3) is 0 Å². The summed E-state index contributed by atoms with van der Waals surface area (Å²) in [5.74, 6) is -1.61. The summed E-state index contributed by atoms with van der Waals surface area (Å²) >= 11 is 0. The number of nitrogens with zero attached hydrogens (tertiary/aromatic N) is 1. The number of carbonyl (C=O) groups excluding carboxylic acids is 5. The Bertz CT molecular complexity index is 1240. The fraction of sp³-hybridized carbons (Fsp3) is 0.370. The first kappa shape index (κ1) is 25.9. The highest BCUT2D eigenvalue weighted by Crippen LogP contribution is 2.30. The molecule has 2 atom stereocenters. The molecule has 0 aromatic heterocycles. The van der Waals surface area contributed by atoms with E-state index in [4.69, 9.17) is 4.74 Å². The van der Waals surface area contributed by atoms with Crippen LogP contribution in [-0.4, -0.2) is 46.3 Å². The molecule has 2 aromatic carbocycles. The number of ether oxygens (including phenoxy) is 1. The van der Waals surface area contributed by atoms with Gasteiger partial charge >= 0.3 is 6.09 Å². The number of nitrogens with one attached hydrogen (secondary N) is 3. The van der Waals surface area contributed by atoms with Gasteiger partial charge in [-0.15, -0.1) is 0 Å². The van der Waals surface area contributed by atoms with Gasteiger partial charge in [-0.1, -0.05) is 48.5 Å². The van der Waals surface area contributed by atoms with Crippen molar-refractivity contribution in [1.29, 1.82) is 0 Å². The van der Waals surface area contributed by atoms with Crippen LogP contribution in [0.1, 0.15) is 66.7 Å². The predicted molar refractivity (Wildman–Crippen MR) is 133 cm³/mol. The Morgan fingerprint density at radius 2 is 1.81 bits per heavy atom. The molecule has 5 amide bonds. The van der Waals surface area contributed by atoms with Crippen LogP contribution in [0.3, 0.4) is 0 Å². The van der Waals surface area contributed by atoms with E-state index in [1.54, 1.807) is 69.3 Å². The molecule has 2 aliphatic heterocycles. The van der Waals surface area contributed by atoms with E-state index in [1.165, 1.54) is 4.90 Å². The number of hydrogen-bond donors (Lipinski definition) is 3. The van der Waals surface area contributed by atoms with E-state index in [-0.39, 0.29) is 37.7 Å². The summed E-state index contributed by atoms with van der Waals surface area (Å²) in [4.78, 5) is 64.3. The van der Waals surface area contributed by atoms with Gasteiger partial charge in [0.15, 0.2) is 0 Å². The zero-order valence-corrected chi connectivity index (χ0v) is 21.0. The Labute approximate surface area is 214 Å². The molecule has 1 unspecified atom stereocenters. The van der Waals surface area contributed by atoms with Crippen molar-refractivity contribution < 1.29 is 28.7 Å². The second-order valence-electron chi connectivity index (χ2n) is 10.1. The third kappa shape index (κ3) is 5.96. The Hall–Kier alpha value is -4.21. The zero-order valence-electron chi connectivity index (χ0n) is 21.0. The van der Waals surface area contributed by atoms with E-state index in [0.717, 1.165) is 5.56 Å². The van der Waals surface area contributed by atoms with Gasteiger partial charge in [0.05, 0.1) is 0 Å². The minimum Gasteiger partial charge on any atom is -0.444 e. The molecule has 1 fully saturated rings. The molecule has 0 radical (unpaired) electrons. The smallest absolute Gasteiger partial charge is 0.408 e. The summed E-state index contributed by atoms with van der Waals surface area (Å²) in [5, 5.41) is 7.74. The van der Waals surface area contributed by atoms with Gasteiger partial charge in [0.2, 0.25) is 17.7 Å². The fourth-order valence-electron chi connectivity index (χ4n) is 4.49. The molecule has 2 aliphatic rings. The monoisotopic (exact) mass is 506 g/mol. The van der Waals surface area contributed by atoms with E-state index >= 15 is 0 Å². The fourth-order valence-corrected chi connectivity index (χ4v) is 4.49. The Balaban J connectivity index is 1.49. The third-order valence-electron chi connectivity index (χ3n) is 6.15. The molecule has 2 aromatic rings. The van der Waals surface area contributed by atoms with Crippen LogP contribution in [0, 0.1) is 0 Å². The van der Waals surface area contributed by atoms with Gasteiger partial charge in [0.1, 0.15) is 17.7 Å². The topological polar surface area (TPSA) is 134 Å². The summed E-state index contributed by atoms with van der Waals surface area (Å²) in [6, 6.07) is 12.4. The Morgan fingerprint density at radius 3 is 2.49 bits per heavy atom. The summed E-state index contributed by atoms with van der Waals surface area (Å²) in [5.41, 5.74) is 1.61. The lowest BCUT2D eigenvalue weighted by molar-refractivity contribution is -0.137. The van der Waals surface area contributed by atoms with Crippen LogP contribution in [-0.2, 0) is 32.2 Å². The second-order valence-corrected chi connectivity index (χ2v) is 10.1. The predicted octanol–water partition coefficient (Wildman–Crippen LogP) is 2.33. The number of alkyl carbamates (subject to hydrolysis) is 1.